The van der Waals surface area contributed by atoms with Crippen molar-refractivity contribution < 1.29 is 27.9 Å². The number of piperidine rings is 1. The van der Waals surface area contributed by atoms with E-state index in [1.54, 1.807) is 19.1 Å². The molecular weight excluding hydrogens is 451 g/mol. The first-order chi connectivity index (χ1) is 14.7. The molecule has 1 aromatic carbocycles. The summed E-state index contributed by atoms with van der Waals surface area (Å²) < 4.78 is 28.3. The number of halogens is 4. The van der Waals surface area contributed by atoms with Crippen molar-refractivity contribution in [2.24, 2.45) is 5.41 Å². The Morgan fingerprint density at radius 3 is 2.23 bits per heavy atom. The Balaban J connectivity index is 1.71. The van der Waals surface area contributed by atoms with Crippen molar-refractivity contribution in [1.82, 2.24) is 4.90 Å². The van der Waals surface area contributed by atoms with Gasteiger partial charge >= 0.3 is 6.61 Å². The minimum Gasteiger partial charge on any atom is -0.341 e. The summed E-state index contributed by atoms with van der Waals surface area (Å²) in [6, 6.07) is 3.19. The highest BCUT2D eigenvalue weighted by atomic mass is 35.5. The summed E-state index contributed by atoms with van der Waals surface area (Å²) in [5.41, 5.74) is 0.366. The molecule has 0 radical (unpaired) electrons. The van der Waals surface area contributed by atoms with Crippen molar-refractivity contribution in [1.29, 1.82) is 0 Å². The van der Waals surface area contributed by atoms with Crippen LogP contribution in [0.1, 0.15) is 49.7 Å². The van der Waals surface area contributed by atoms with Crippen LogP contribution < -0.4 is 0 Å². The number of alkyl halides is 2. The van der Waals surface area contributed by atoms with Crippen LogP contribution in [0.2, 0.25) is 10.0 Å². The van der Waals surface area contributed by atoms with Gasteiger partial charge in [-0.15, -0.1) is 5.92 Å². The molecule has 0 bridgehead atoms. The molecule has 1 saturated heterocycles. The van der Waals surface area contributed by atoms with Gasteiger partial charge in [0.15, 0.2) is 0 Å². The summed E-state index contributed by atoms with van der Waals surface area (Å²) in [4.78, 5) is 39.5. The van der Waals surface area contributed by atoms with E-state index >= 15 is 0 Å². The molecule has 3 rings (SSSR count). The first-order valence-electron chi connectivity index (χ1n) is 9.80. The topological polar surface area (TPSA) is 63.7 Å². The number of rotatable bonds is 4. The van der Waals surface area contributed by atoms with E-state index in [0.717, 1.165) is 0 Å². The first kappa shape index (κ1) is 23.6. The molecular formula is C22H21Cl2F2NO4. The average Bonchev–Trinajstić information content (AvgIpc) is 2.68. The normalized spacial score (nSPS) is 19.0. The number of carbonyl (C=O) groups excluding carboxylic acids is 3. The Morgan fingerprint density at radius 2 is 1.74 bits per heavy atom. The van der Waals surface area contributed by atoms with Crippen LogP contribution in [0.25, 0.3) is 0 Å². The van der Waals surface area contributed by atoms with Gasteiger partial charge in [-0.25, -0.2) is 0 Å². The highest BCUT2D eigenvalue weighted by Gasteiger charge is 2.48. The summed E-state index contributed by atoms with van der Waals surface area (Å²) in [6.45, 7) is -1.47. The predicted octanol–water partition coefficient (Wildman–Crippen LogP) is 4.23. The number of amides is 1. The van der Waals surface area contributed by atoms with Gasteiger partial charge in [-0.05, 0) is 37.3 Å². The van der Waals surface area contributed by atoms with Gasteiger partial charge in [0.25, 0.3) is 0 Å². The Bertz CT molecular complexity index is 919. The Hall–Kier alpha value is -2.01. The second kappa shape index (κ2) is 9.64. The molecule has 1 spiro atoms. The van der Waals surface area contributed by atoms with E-state index in [9.17, 15) is 23.2 Å². The summed E-state index contributed by atoms with van der Waals surface area (Å²) in [5, 5.41) is 0.458. The Labute approximate surface area is 189 Å². The fourth-order valence-corrected chi connectivity index (χ4v) is 5.10. The lowest BCUT2D eigenvalue weighted by Crippen LogP contribution is -2.49. The fourth-order valence-electron chi connectivity index (χ4n) is 4.39. The molecule has 1 aliphatic heterocycles. The molecule has 1 heterocycles. The van der Waals surface area contributed by atoms with Crippen molar-refractivity contribution in [3.8, 4) is 11.8 Å². The number of likely N-dealkylation sites (tertiary alicyclic amines) is 1. The van der Waals surface area contributed by atoms with Gasteiger partial charge in [0, 0.05) is 47.1 Å². The maximum atomic E-state index is 13.0. The van der Waals surface area contributed by atoms with Gasteiger partial charge in [0.2, 0.25) is 5.91 Å². The molecule has 166 valence electrons. The Morgan fingerprint density at radius 1 is 1.19 bits per heavy atom. The third-order valence-electron chi connectivity index (χ3n) is 5.89. The van der Waals surface area contributed by atoms with Crippen LogP contribution in [-0.2, 0) is 19.1 Å². The number of benzene rings is 1. The van der Waals surface area contributed by atoms with Crippen LogP contribution in [0.5, 0.6) is 0 Å². The van der Waals surface area contributed by atoms with E-state index in [1.807, 2.05) is 0 Å². The zero-order chi connectivity index (χ0) is 22.8. The van der Waals surface area contributed by atoms with E-state index in [-0.39, 0.29) is 47.5 Å². The van der Waals surface area contributed by atoms with Crippen molar-refractivity contribution in [3.63, 3.8) is 0 Å². The number of carbonyl (C=O) groups is 3. The maximum Gasteiger partial charge on any atom is 0.345 e. The van der Waals surface area contributed by atoms with Gasteiger partial charge in [0.05, 0.1) is 0 Å². The third kappa shape index (κ3) is 5.25. The quantitative estimate of drug-likeness (QED) is 0.486. The molecule has 2 aliphatic rings. The lowest BCUT2D eigenvalue weighted by atomic mass is 9.63. The summed E-state index contributed by atoms with van der Waals surface area (Å²) in [6.07, 6.45) is 1.21. The molecule has 0 atom stereocenters. The lowest BCUT2D eigenvalue weighted by Gasteiger charge is -2.44. The van der Waals surface area contributed by atoms with Gasteiger partial charge in [-0.1, -0.05) is 29.1 Å². The fraction of sp³-hybridized carbons (Fsp3) is 0.500. The largest absolute Gasteiger partial charge is 0.345 e. The smallest absolute Gasteiger partial charge is 0.341 e. The van der Waals surface area contributed by atoms with E-state index in [2.05, 4.69) is 16.6 Å². The number of ether oxygens (including phenoxy) is 1. The number of Topliss-reactive ketones (excluding diaryl/α,β-unsaturated/α-hetero) is 2. The molecule has 31 heavy (non-hydrogen) atoms. The molecule has 1 aliphatic carbocycles. The van der Waals surface area contributed by atoms with Crippen LogP contribution >= 0.6 is 23.2 Å². The summed E-state index contributed by atoms with van der Waals surface area (Å²) in [5.74, 6) is 3.53. The van der Waals surface area contributed by atoms with E-state index in [0.29, 0.717) is 24.0 Å². The highest BCUT2D eigenvalue weighted by molar-refractivity contribution is 6.37. The van der Waals surface area contributed by atoms with Crippen LogP contribution in [0.15, 0.2) is 12.1 Å². The number of hydrogen-bond donors (Lipinski definition) is 0. The molecule has 9 heteroatoms. The van der Waals surface area contributed by atoms with Crippen molar-refractivity contribution in [3.05, 3.63) is 33.3 Å². The molecule has 0 unspecified atom stereocenters. The zero-order valence-corrected chi connectivity index (χ0v) is 18.4. The number of hydrogen-bond acceptors (Lipinski definition) is 4. The van der Waals surface area contributed by atoms with Crippen molar-refractivity contribution in [2.75, 3.05) is 19.7 Å². The standard InChI is InChI=1S/C22H21Cl2F2NO4/c1-2-3-13-8-14(23)19(15(24)9-13)20-16(28)10-22(11-17(20)29)4-6-27(7-5-22)18(30)12-31-21(25)26/h8-9,20-21H,4-7,10-12H2,1H3. The molecule has 1 aromatic rings. The summed E-state index contributed by atoms with van der Waals surface area (Å²) >= 11 is 12.7. The second-order valence-corrected chi connectivity index (χ2v) is 8.71. The second-order valence-electron chi connectivity index (χ2n) is 7.90. The molecule has 0 aromatic heterocycles. The van der Waals surface area contributed by atoms with E-state index in [1.165, 1.54) is 4.90 Å². The number of ketones is 2. The first-order valence-corrected chi connectivity index (χ1v) is 10.6. The zero-order valence-electron chi connectivity index (χ0n) is 16.9. The van der Waals surface area contributed by atoms with Gasteiger partial charge < -0.3 is 9.64 Å². The van der Waals surface area contributed by atoms with Crippen molar-refractivity contribution >= 4 is 40.7 Å². The molecule has 1 saturated carbocycles. The summed E-state index contributed by atoms with van der Waals surface area (Å²) in [7, 11) is 0. The maximum absolute atomic E-state index is 13.0. The molecule has 0 N–H and O–H groups in total. The van der Waals surface area contributed by atoms with Gasteiger partial charge in [-0.3, -0.25) is 14.4 Å². The molecule has 2 fully saturated rings. The number of nitrogens with zero attached hydrogens (tertiary/aromatic N) is 1. The molecule has 1 amide bonds. The Kier molecular flexibility index (Phi) is 7.35. The van der Waals surface area contributed by atoms with E-state index in [4.69, 9.17) is 23.2 Å². The average molecular weight is 472 g/mol. The minimum atomic E-state index is -3.01. The van der Waals surface area contributed by atoms with Crippen molar-refractivity contribution in [2.45, 2.75) is 45.1 Å². The predicted molar refractivity (Wildman–Crippen MR) is 111 cm³/mol. The van der Waals surface area contributed by atoms with Crippen LogP contribution in [0.3, 0.4) is 0 Å². The highest BCUT2D eigenvalue weighted by Crippen LogP contribution is 2.47. The minimum absolute atomic E-state index is 0.169. The monoisotopic (exact) mass is 471 g/mol. The van der Waals surface area contributed by atoms with Crippen LogP contribution in [-0.4, -0.2) is 48.7 Å². The van der Waals surface area contributed by atoms with Gasteiger partial charge in [-0.2, -0.15) is 8.78 Å². The molecule has 5 nitrogen and oxygen atoms in total. The van der Waals surface area contributed by atoms with E-state index < -0.39 is 30.5 Å². The third-order valence-corrected chi connectivity index (χ3v) is 6.51. The van der Waals surface area contributed by atoms with Gasteiger partial charge in [0.1, 0.15) is 24.1 Å². The lowest BCUT2D eigenvalue weighted by molar-refractivity contribution is -0.161. The SMILES string of the molecule is CC#Cc1cc(Cl)c(C2C(=O)CC3(CCN(C(=O)COC(F)F)CC3)CC2=O)c(Cl)c1. The van der Waals surface area contributed by atoms with Crippen LogP contribution in [0, 0.1) is 17.3 Å². The van der Waals surface area contributed by atoms with Crippen LogP contribution in [0.4, 0.5) is 8.78 Å².